The number of piperidine rings is 1. The zero-order valence-electron chi connectivity index (χ0n) is 37.5. The molecule has 2 saturated heterocycles. The molecule has 9 heteroatoms. The summed E-state index contributed by atoms with van der Waals surface area (Å²) in [5, 5.41) is 0. The minimum Gasteiger partial charge on any atom is -0.462 e. The smallest absolute Gasteiger partial charge is 0.309 e. The van der Waals surface area contributed by atoms with Crippen molar-refractivity contribution < 1.29 is 32.7 Å². The van der Waals surface area contributed by atoms with Gasteiger partial charge in [0.25, 0.3) is 5.92 Å². The molecule has 0 aromatic heterocycles. The second kappa shape index (κ2) is 13.9. The summed E-state index contributed by atoms with van der Waals surface area (Å²) in [6.07, 6.45) is 9.91. The molecule has 0 aromatic carbocycles. The number of fused-ring (bicyclic) bond motifs is 7. The third kappa shape index (κ3) is 6.03. The number of nitrogens with zero attached hydrogens (tertiary/aromatic N) is 2. The van der Waals surface area contributed by atoms with Gasteiger partial charge in [-0.05, 0) is 134 Å². The number of carbonyl (C=O) groups excluding carboxylic acids is 4. The average molecular weight is 809 g/mol. The van der Waals surface area contributed by atoms with Crippen molar-refractivity contribution in [3.05, 3.63) is 11.1 Å². The van der Waals surface area contributed by atoms with Gasteiger partial charge >= 0.3 is 5.97 Å². The molecule has 0 spiro atoms. The highest BCUT2D eigenvalue weighted by molar-refractivity contribution is 6.07. The van der Waals surface area contributed by atoms with E-state index in [1.165, 1.54) is 5.57 Å². The molecule has 2 heterocycles. The van der Waals surface area contributed by atoms with Gasteiger partial charge in [-0.3, -0.25) is 19.2 Å². The van der Waals surface area contributed by atoms with Crippen molar-refractivity contribution in [1.29, 1.82) is 0 Å². The van der Waals surface area contributed by atoms with E-state index in [4.69, 9.17) is 4.74 Å². The maximum absolute atomic E-state index is 15.3. The fraction of sp³-hybridized carbons (Fsp3) is 0.878. The Balaban J connectivity index is 1.05. The van der Waals surface area contributed by atoms with Crippen LogP contribution < -0.4 is 0 Å². The first-order chi connectivity index (χ1) is 26.9. The van der Waals surface area contributed by atoms with Gasteiger partial charge in [0.2, 0.25) is 5.91 Å². The van der Waals surface area contributed by atoms with E-state index in [9.17, 15) is 23.2 Å². The highest BCUT2D eigenvalue weighted by Crippen LogP contribution is 2.77. The Morgan fingerprint density at radius 3 is 2.10 bits per heavy atom. The van der Waals surface area contributed by atoms with Crippen LogP contribution in [-0.4, -0.2) is 77.5 Å². The van der Waals surface area contributed by atoms with Gasteiger partial charge in [0.1, 0.15) is 11.9 Å². The monoisotopic (exact) mass is 809 g/mol. The molecule has 58 heavy (non-hydrogen) atoms. The van der Waals surface area contributed by atoms with E-state index in [1.54, 1.807) is 6.92 Å². The van der Waals surface area contributed by atoms with E-state index in [0.29, 0.717) is 50.9 Å². The maximum Gasteiger partial charge on any atom is 0.309 e. The number of ether oxygens (including phenoxy) is 1. The molecule has 324 valence electrons. The van der Waals surface area contributed by atoms with Crippen molar-refractivity contribution in [2.24, 2.45) is 68.0 Å². The summed E-state index contributed by atoms with van der Waals surface area (Å²) in [5.74, 6) is -1.52. The lowest BCUT2D eigenvalue weighted by Gasteiger charge is -2.72. The first-order valence-electron chi connectivity index (χ1n) is 23.3. The molecule has 0 radical (unpaired) electrons. The summed E-state index contributed by atoms with van der Waals surface area (Å²) >= 11 is 0. The van der Waals surface area contributed by atoms with Crippen LogP contribution in [-0.2, 0) is 23.9 Å². The maximum atomic E-state index is 15.3. The number of Topliss-reactive ketones (excluding diaryl/α,β-unsaturated/α-hetero) is 2. The molecule has 0 bridgehead atoms. The van der Waals surface area contributed by atoms with Gasteiger partial charge in [0, 0.05) is 62.8 Å². The summed E-state index contributed by atoms with van der Waals surface area (Å²) < 4.78 is 34.6. The van der Waals surface area contributed by atoms with Crippen LogP contribution in [0.5, 0.6) is 0 Å². The number of ketones is 2. The molecule has 5 saturated carbocycles. The van der Waals surface area contributed by atoms with Crippen LogP contribution >= 0.6 is 0 Å². The zero-order valence-corrected chi connectivity index (χ0v) is 37.5. The Hall–Kier alpha value is -2.16. The SMILES string of the molecule is CC(=O)[C@@H]1C[C@H](C(=O)O[C@H]2CC[C@]3(C)[C@H]4CC[C@@H]5C6=C(C(C)C)C(=O)C[C@]6(C(=O)N6CCC[C@H]6CN6CCC(F)(F)CC6)CC[C@@]5(C)[C@]4(C)CC[C@H]3C2(C)C)C1(C)C. The van der Waals surface area contributed by atoms with Crippen LogP contribution in [0.1, 0.15) is 159 Å². The van der Waals surface area contributed by atoms with Gasteiger partial charge in [-0.2, -0.15) is 0 Å². The highest BCUT2D eigenvalue weighted by Gasteiger charge is 2.71. The second-order valence-electron chi connectivity index (χ2n) is 23.3. The fourth-order valence-electron chi connectivity index (χ4n) is 16.2. The summed E-state index contributed by atoms with van der Waals surface area (Å²) in [7, 11) is 0. The van der Waals surface area contributed by atoms with Crippen LogP contribution in [0.2, 0.25) is 0 Å². The predicted molar refractivity (Wildman–Crippen MR) is 221 cm³/mol. The van der Waals surface area contributed by atoms with E-state index in [1.807, 2.05) is 13.8 Å². The molecule has 6 aliphatic carbocycles. The Kier molecular flexibility index (Phi) is 10.2. The third-order valence-electron chi connectivity index (χ3n) is 19.8. The molecule has 11 atom stereocenters. The molecule has 8 aliphatic rings. The molecule has 1 amide bonds. The first kappa shape index (κ1) is 42.5. The van der Waals surface area contributed by atoms with Crippen LogP contribution in [0.4, 0.5) is 8.78 Å². The molecular formula is C49H74F2N2O5. The molecule has 0 aromatic rings. The Morgan fingerprint density at radius 1 is 0.776 bits per heavy atom. The van der Waals surface area contributed by atoms with Gasteiger partial charge in [-0.15, -0.1) is 0 Å². The van der Waals surface area contributed by atoms with Gasteiger partial charge in [0.15, 0.2) is 5.78 Å². The predicted octanol–water partition coefficient (Wildman–Crippen LogP) is 9.85. The number of esters is 1. The van der Waals surface area contributed by atoms with Crippen LogP contribution in [0.3, 0.4) is 0 Å². The minimum absolute atomic E-state index is 0.000244. The number of halogens is 2. The van der Waals surface area contributed by atoms with Crippen molar-refractivity contribution in [2.75, 3.05) is 26.2 Å². The molecular weight excluding hydrogens is 735 g/mol. The van der Waals surface area contributed by atoms with Crippen molar-refractivity contribution in [1.82, 2.24) is 9.80 Å². The highest BCUT2D eigenvalue weighted by atomic mass is 19.3. The van der Waals surface area contributed by atoms with Crippen molar-refractivity contribution in [3.63, 3.8) is 0 Å². The summed E-state index contributed by atoms with van der Waals surface area (Å²) in [4.78, 5) is 59.9. The number of allylic oxidation sites excluding steroid dienone is 1. The number of amides is 1. The lowest BCUT2D eigenvalue weighted by Crippen LogP contribution is -2.66. The minimum atomic E-state index is -2.60. The third-order valence-corrected chi connectivity index (χ3v) is 19.8. The molecule has 0 unspecified atom stereocenters. The number of hydrogen-bond acceptors (Lipinski definition) is 6. The Labute approximate surface area is 347 Å². The lowest BCUT2D eigenvalue weighted by molar-refractivity contribution is -0.236. The van der Waals surface area contributed by atoms with Crippen LogP contribution in [0.25, 0.3) is 0 Å². The van der Waals surface area contributed by atoms with E-state index in [-0.39, 0.29) is 106 Å². The van der Waals surface area contributed by atoms with Gasteiger partial charge < -0.3 is 14.5 Å². The number of likely N-dealkylation sites (tertiary alicyclic amines) is 2. The number of carbonyl (C=O) groups is 4. The zero-order chi connectivity index (χ0) is 42.2. The summed E-state index contributed by atoms with van der Waals surface area (Å²) in [5.41, 5.74) is 0.739. The first-order valence-corrected chi connectivity index (χ1v) is 23.3. The number of hydrogen-bond donors (Lipinski definition) is 0. The largest absolute Gasteiger partial charge is 0.462 e. The molecule has 7 fully saturated rings. The van der Waals surface area contributed by atoms with Crippen molar-refractivity contribution >= 4 is 23.4 Å². The van der Waals surface area contributed by atoms with E-state index >= 15 is 4.79 Å². The van der Waals surface area contributed by atoms with Crippen molar-refractivity contribution in [3.8, 4) is 0 Å². The van der Waals surface area contributed by atoms with E-state index < -0.39 is 11.3 Å². The van der Waals surface area contributed by atoms with Crippen LogP contribution in [0, 0.1) is 68.0 Å². The van der Waals surface area contributed by atoms with Gasteiger partial charge in [-0.25, -0.2) is 8.78 Å². The summed E-state index contributed by atoms with van der Waals surface area (Å²) in [6, 6.07) is 0.000244. The van der Waals surface area contributed by atoms with Crippen molar-refractivity contribution in [2.45, 2.75) is 177 Å². The number of rotatable bonds is 7. The molecule has 2 aliphatic heterocycles. The van der Waals surface area contributed by atoms with Crippen LogP contribution in [0.15, 0.2) is 11.1 Å². The molecule has 0 N–H and O–H groups in total. The standard InChI is InChI=1S/C49H74F2N2O5/c1-29(2)39-35(55)27-48(42(57)53-23-11-12-31(53)28-52-24-21-49(50,51)22-25-52)20-19-46(9)32(40(39)48)13-14-37-45(8)17-16-38(44(6,7)36(45)15-18-47(37,46)10)58-41(56)34-26-33(30(3)54)43(34,4)5/h29,31-34,36-38H,11-28H2,1-10H3/t31-,32+,33-,34+,36-,37+,38-,45-,46+,47+,48+/m0/s1. The Morgan fingerprint density at radius 2 is 1.47 bits per heavy atom. The fourth-order valence-corrected chi connectivity index (χ4v) is 16.2. The topological polar surface area (TPSA) is 84.0 Å². The normalized spacial score (nSPS) is 44.2. The quantitative estimate of drug-likeness (QED) is 0.238. The second-order valence-corrected chi connectivity index (χ2v) is 23.3. The molecule has 8 rings (SSSR count). The summed E-state index contributed by atoms with van der Waals surface area (Å²) in [6.45, 7) is 24.3. The van der Waals surface area contributed by atoms with E-state index in [0.717, 1.165) is 63.4 Å². The van der Waals surface area contributed by atoms with Gasteiger partial charge in [-0.1, -0.05) is 62.3 Å². The lowest BCUT2D eigenvalue weighted by atomic mass is 9.33. The Bertz CT molecular complexity index is 1760. The number of alkyl halides is 2. The van der Waals surface area contributed by atoms with E-state index in [2.05, 4.69) is 58.3 Å². The van der Waals surface area contributed by atoms with Gasteiger partial charge in [0.05, 0.1) is 11.3 Å². The molecule has 7 nitrogen and oxygen atoms in total. The average Bonchev–Trinajstić information content (AvgIpc) is 3.71.